The number of benzene rings is 2. The number of ether oxygens (including phenoxy) is 2. The number of fused-ring (bicyclic) bond motifs is 1. The number of hydrogen-bond donors (Lipinski definition) is 2. The van der Waals surface area contributed by atoms with Gasteiger partial charge in [0.2, 0.25) is 5.91 Å². The van der Waals surface area contributed by atoms with Crippen molar-refractivity contribution in [2.45, 2.75) is 6.92 Å². The Morgan fingerprint density at radius 2 is 2.06 bits per heavy atom. The third kappa shape index (κ3) is 6.99. The Kier molecular flexibility index (Phi) is 8.70. The van der Waals surface area contributed by atoms with Gasteiger partial charge in [-0.3, -0.25) is 14.5 Å². The number of nitrogens with zero attached hydrogens (tertiary/aromatic N) is 4. The molecule has 2 aromatic carbocycles. The van der Waals surface area contributed by atoms with Gasteiger partial charge in [-0.05, 0) is 38.2 Å². The maximum Gasteiger partial charge on any atom is 0.320 e. The summed E-state index contributed by atoms with van der Waals surface area (Å²) >= 11 is 0. The highest BCUT2D eigenvalue weighted by molar-refractivity contribution is 6.03. The SMILES string of the molecule is CCOC(=O)CN(C)C/C=C/C(=O)Nc1cc2c(Nc3cccc(C#N)c3)ncnc2cc1OC. The van der Waals surface area contributed by atoms with E-state index in [-0.39, 0.29) is 18.4 Å². The van der Waals surface area contributed by atoms with Crippen molar-refractivity contribution >= 4 is 40.0 Å². The number of nitrogens with one attached hydrogen (secondary N) is 2. The molecule has 0 aliphatic heterocycles. The Bertz CT molecular complexity index is 1280. The molecule has 0 aliphatic carbocycles. The van der Waals surface area contributed by atoms with Crippen molar-refractivity contribution in [2.24, 2.45) is 0 Å². The number of carbonyl (C=O) groups excluding carboxylic acids is 2. The van der Waals surface area contributed by atoms with Gasteiger partial charge in [0.05, 0.1) is 43.1 Å². The van der Waals surface area contributed by atoms with Gasteiger partial charge in [0.15, 0.2) is 0 Å². The first-order valence-corrected chi connectivity index (χ1v) is 10.8. The van der Waals surface area contributed by atoms with Gasteiger partial charge < -0.3 is 20.1 Å². The molecule has 0 saturated heterocycles. The van der Waals surface area contributed by atoms with Crippen LogP contribution in [0.5, 0.6) is 5.75 Å². The molecule has 0 saturated carbocycles. The van der Waals surface area contributed by atoms with E-state index in [9.17, 15) is 9.59 Å². The van der Waals surface area contributed by atoms with Crippen LogP contribution in [0.3, 0.4) is 0 Å². The summed E-state index contributed by atoms with van der Waals surface area (Å²) in [6, 6.07) is 12.6. The lowest BCUT2D eigenvalue weighted by atomic mass is 10.1. The third-order valence-corrected chi connectivity index (χ3v) is 4.86. The summed E-state index contributed by atoms with van der Waals surface area (Å²) < 4.78 is 10.3. The van der Waals surface area contributed by atoms with Crippen LogP contribution in [0, 0.1) is 11.3 Å². The highest BCUT2D eigenvalue weighted by atomic mass is 16.5. The van der Waals surface area contributed by atoms with E-state index < -0.39 is 0 Å². The van der Waals surface area contributed by atoms with Crippen LogP contribution < -0.4 is 15.4 Å². The van der Waals surface area contributed by atoms with Crippen LogP contribution in [0.1, 0.15) is 12.5 Å². The van der Waals surface area contributed by atoms with Crippen LogP contribution in [0.2, 0.25) is 0 Å². The molecule has 0 fully saturated rings. The second kappa shape index (κ2) is 12.1. The van der Waals surface area contributed by atoms with Crippen LogP contribution in [0.25, 0.3) is 10.9 Å². The van der Waals surface area contributed by atoms with E-state index in [1.807, 2.05) is 6.07 Å². The van der Waals surface area contributed by atoms with Crippen molar-refractivity contribution in [3.8, 4) is 11.8 Å². The molecule has 0 bridgehead atoms. The zero-order valence-electron chi connectivity index (χ0n) is 19.7. The van der Waals surface area contributed by atoms with Crippen LogP contribution in [0.15, 0.2) is 54.9 Å². The number of aromatic nitrogens is 2. The van der Waals surface area contributed by atoms with Crippen molar-refractivity contribution < 1.29 is 19.1 Å². The fraction of sp³-hybridized carbons (Fsp3) is 0.240. The number of rotatable bonds is 10. The van der Waals surface area contributed by atoms with Crippen molar-refractivity contribution in [3.05, 3.63) is 60.4 Å². The monoisotopic (exact) mass is 474 g/mol. The topological polar surface area (TPSA) is 129 Å². The number of nitriles is 1. The zero-order valence-corrected chi connectivity index (χ0v) is 19.7. The fourth-order valence-electron chi connectivity index (χ4n) is 3.26. The number of likely N-dealkylation sites (N-methyl/N-ethyl adjacent to an activating group) is 1. The molecule has 0 aliphatic rings. The van der Waals surface area contributed by atoms with E-state index in [1.54, 1.807) is 55.3 Å². The first-order valence-electron chi connectivity index (χ1n) is 10.8. The summed E-state index contributed by atoms with van der Waals surface area (Å²) in [5, 5.41) is 15.8. The molecular formula is C25H26N6O4. The number of carbonyl (C=O) groups is 2. The maximum atomic E-state index is 12.5. The number of methoxy groups -OCH3 is 1. The minimum absolute atomic E-state index is 0.130. The smallest absolute Gasteiger partial charge is 0.320 e. The first-order chi connectivity index (χ1) is 16.9. The van der Waals surface area contributed by atoms with Crippen LogP contribution in [0.4, 0.5) is 17.2 Å². The Balaban J connectivity index is 1.77. The summed E-state index contributed by atoms with van der Waals surface area (Å²) in [4.78, 5) is 34.4. The third-order valence-electron chi connectivity index (χ3n) is 4.86. The number of esters is 1. The first kappa shape index (κ1) is 25.1. The van der Waals surface area contributed by atoms with Gasteiger partial charge in [-0.15, -0.1) is 0 Å². The molecule has 180 valence electrons. The summed E-state index contributed by atoms with van der Waals surface area (Å²) in [6.45, 7) is 2.60. The molecule has 1 amide bonds. The Morgan fingerprint density at radius 3 is 2.80 bits per heavy atom. The molecule has 0 unspecified atom stereocenters. The van der Waals surface area contributed by atoms with Gasteiger partial charge >= 0.3 is 5.97 Å². The summed E-state index contributed by atoms with van der Waals surface area (Å²) in [6.07, 6.45) is 4.46. The number of hydrogen-bond acceptors (Lipinski definition) is 9. The van der Waals surface area contributed by atoms with E-state index in [0.29, 0.717) is 52.6 Å². The van der Waals surface area contributed by atoms with Gasteiger partial charge in [0.1, 0.15) is 17.9 Å². The fourth-order valence-corrected chi connectivity index (χ4v) is 3.26. The predicted octanol–water partition coefficient (Wildman–Crippen LogP) is 3.24. The molecule has 3 aromatic rings. The molecule has 1 aromatic heterocycles. The van der Waals surface area contributed by atoms with E-state index in [0.717, 1.165) is 0 Å². The van der Waals surface area contributed by atoms with Crippen LogP contribution >= 0.6 is 0 Å². The molecule has 3 rings (SSSR count). The van der Waals surface area contributed by atoms with Crippen molar-refractivity contribution in [2.75, 3.05) is 44.5 Å². The second-order valence-electron chi connectivity index (χ2n) is 7.50. The highest BCUT2D eigenvalue weighted by Crippen LogP contribution is 2.33. The van der Waals surface area contributed by atoms with Crippen LogP contribution in [-0.4, -0.2) is 60.6 Å². The quantitative estimate of drug-likeness (QED) is 0.336. The lowest BCUT2D eigenvalue weighted by Crippen LogP contribution is -2.27. The number of amides is 1. The Hall–Kier alpha value is -4.49. The second-order valence-corrected chi connectivity index (χ2v) is 7.50. The molecule has 2 N–H and O–H groups in total. The Labute approximate surface area is 203 Å². The van der Waals surface area contributed by atoms with E-state index in [1.165, 1.54) is 19.5 Å². The maximum absolute atomic E-state index is 12.5. The lowest BCUT2D eigenvalue weighted by Gasteiger charge is -2.14. The molecule has 0 radical (unpaired) electrons. The normalized spacial score (nSPS) is 10.8. The highest BCUT2D eigenvalue weighted by Gasteiger charge is 2.13. The summed E-state index contributed by atoms with van der Waals surface area (Å²) in [7, 11) is 3.26. The average Bonchev–Trinajstić information content (AvgIpc) is 2.84. The minimum atomic E-state index is -0.361. The minimum Gasteiger partial charge on any atom is -0.494 e. The largest absolute Gasteiger partial charge is 0.494 e. The number of anilines is 3. The van der Waals surface area contributed by atoms with Gasteiger partial charge in [0.25, 0.3) is 0 Å². The van der Waals surface area contributed by atoms with E-state index in [2.05, 4.69) is 26.7 Å². The Morgan fingerprint density at radius 1 is 1.23 bits per heavy atom. The van der Waals surface area contributed by atoms with Crippen molar-refractivity contribution in [1.82, 2.24) is 14.9 Å². The van der Waals surface area contributed by atoms with Gasteiger partial charge in [-0.25, -0.2) is 9.97 Å². The molecule has 0 spiro atoms. The van der Waals surface area contributed by atoms with Crippen molar-refractivity contribution in [1.29, 1.82) is 5.26 Å². The molecule has 10 nitrogen and oxygen atoms in total. The van der Waals surface area contributed by atoms with E-state index >= 15 is 0 Å². The molecule has 35 heavy (non-hydrogen) atoms. The van der Waals surface area contributed by atoms with Gasteiger partial charge in [-0.1, -0.05) is 12.1 Å². The van der Waals surface area contributed by atoms with E-state index in [4.69, 9.17) is 14.7 Å². The molecule has 10 heteroatoms. The zero-order chi connectivity index (χ0) is 25.2. The average molecular weight is 475 g/mol. The summed E-state index contributed by atoms with van der Waals surface area (Å²) in [5.41, 5.74) is 2.27. The predicted molar refractivity (Wildman–Crippen MR) is 132 cm³/mol. The molecule has 1 heterocycles. The van der Waals surface area contributed by atoms with Crippen molar-refractivity contribution in [3.63, 3.8) is 0 Å². The van der Waals surface area contributed by atoms with Gasteiger partial charge in [-0.2, -0.15) is 5.26 Å². The lowest BCUT2D eigenvalue weighted by molar-refractivity contribution is -0.143. The standard InChI is InChI=1S/C25H26N6O4/c1-4-35-24(33)15-31(2)10-6-9-23(32)30-21-12-19-20(13-22(21)34-3)27-16-28-25(19)29-18-8-5-7-17(11-18)14-26/h5-9,11-13,16H,4,10,15H2,1-3H3,(H,30,32)(H,27,28,29)/b9-6+. The van der Waals surface area contributed by atoms with Crippen LogP contribution in [-0.2, 0) is 14.3 Å². The van der Waals surface area contributed by atoms with Gasteiger partial charge in [0, 0.05) is 29.8 Å². The summed E-state index contributed by atoms with van der Waals surface area (Å²) in [5.74, 6) is 0.272. The molecular weight excluding hydrogens is 448 g/mol. The molecule has 0 atom stereocenters.